The molecule has 2 heteroatoms. The molecule has 0 atom stereocenters. The maximum atomic E-state index is 5.81. The molecule has 0 amide bonds. The van der Waals surface area contributed by atoms with E-state index < -0.39 is 0 Å². The second-order valence-electron chi connectivity index (χ2n) is 5.95. The van der Waals surface area contributed by atoms with Crippen LogP contribution in [-0.2, 0) is 6.42 Å². The van der Waals surface area contributed by atoms with Crippen LogP contribution in [0.2, 0.25) is 0 Å². The van der Waals surface area contributed by atoms with Gasteiger partial charge in [0.05, 0.1) is 5.52 Å². The van der Waals surface area contributed by atoms with Crippen LogP contribution in [0, 0.1) is 19.3 Å². The average molecular weight is 242 g/mol. The first-order chi connectivity index (χ1) is 8.43. The molecule has 1 aromatic carbocycles. The summed E-state index contributed by atoms with van der Waals surface area (Å²) >= 11 is 0. The van der Waals surface area contributed by atoms with E-state index in [2.05, 4.69) is 52.0 Å². The van der Waals surface area contributed by atoms with Crippen molar-refractivity contribution in [2.24, 2.45) is 11.1 Å². The van der Waals surface area contributed by atoms with Gasteiger partial charge in [0, 0.05) is 11.1 Å². The Balaban J connectivity index is 2.52. The summed E-state index contributed by atoms with van der Waals surface area (Å²) in [5, 5.41) is 1.25. The fourth-order valence-electron chi connectivity index (χ4n) is 2.28. The quantitative estimate of drug-likeness (QED) is 0.896. The molecular weight excluding hydrogens is 220 g/mol. The SMILES string of the molecule is Cc1cc(CC(C)(C)CN)nc2c(C)cccc12. The number of hydrogen-bond acceptors (Lipinski definition) is 2. The van der Waals surface area contributed by atoms with Gasteiger partial charge in [-0.1, -0.05) is 32.0 Å². The summed E-state index contributed by atoms with van der Waals surface area (Å²) in [5.74, 6) is 0. The van der Waals surface area contributed by atoms with E-state index in [0.717, 1.165) is 17.6 Å². The second-order valence-corrected chi connectivity index (χ2v) is 5.95. The lowest BCUT2D eigenvalue weighted by Gasteiger charge is -2.22. The smallest absolute Gasteiger partial charge is 0.0737 e. The molecular formula is C16H22N2. The molecule has 0 fully saturated rings. The molecule has 2 aromatic rings. The molecule has 0 saturated carbocycles. The van der Waals surface area contributed by atoms with Crippen LogP contribution in [0.1, 0.15) is 30.7 Å². The molecule has 96 valence electrons. The number of aromatic nitrogens is 1. The van der Waals surface area contributed by atoms with Gasteiger partial charge in [-0.2, -0.15) is 0 Å². The minimum Gasteiger partial charge on any atom is -0.330 e. The third-order valence-corrected chi connectivity index (χ3v) is 3.51. The molecule has 0 spiro atoms. The molecule has 1 aromatic heterocycles. The second kappa shape index (κ2) is 4.69. The Morgan fingerprint density at radius 2 is 1.89 bits per heavy atom. The minimum absolute atomic E-state index is 0.107. The molecule has 0 aliphatic heterocycles. The Kier molecular flexibility index (Phi) is 3.40. The van der Waals surface area contributed by atoms with Crippen molar-refractivity contribution in [1.82, 2.24) is 4.98 Å². The lowest BCUT2D eigenvalue weighted by atomic mass is 9.87. The first kappa shape index (κ1) is 13.0. The van der Waals surface area contributed by atoms with Crippen LogP contribution < -0.4 is 5.73 Å². The van der Waals surface area contributed by atoms with Crippen LogP contribution in [0.3, 0.4) is 0 Å². The highest BCUT2D eigenvalue weighted by atomic mass is 14.7. The molecule has 0 radical (unpaired) electrons. The van der Waals surface area contributed by atoms with Gasteiger partial charge >= 0.3 is 0 Å². The van der Waals surface area contributed by atoms with Gasteiger partial charge in [-0.25, -0.2) is 0 Å². The topological polar surface area (TPSA) is 38.9 Å². The third-order valence-electron chi connectivity index (χ3n) is 3.51. The molecule has 0 bridgehead atoms. The van der Waals surface area contributed by atoms with Crippen molar-refractivity contribution in [3.05, 3.63) is 41.1 Å². The summed E-state index contributed by atoms with van der Waals surface area (Å²) in [6, 6.07) is 8.55. The van der Waals surface area contributed by atoms with Crippen molar-refractivity contribution in [3.63, 3.8) is 0 Å². The fraction of sp³-hybridized carbons (Fsp3) is 0.438. The van der Waals surface area contributed by atoms with E-state index in [1.165, 1.54) is 16.5 Å². The van der Waals surface area contributed by atoms with E-state index in [9.17, 15) is 0 Å². The molecule has 0 aliphatic rings. The number of fused-ring (bicyclic) bond motifs is 1. The van der Waals surface area contributed by atoms with Gasteiger partial charge in [0.1, 0.15) is 0 Å². The maximum Gasteiger partial charge on any atom is 0.0737 e. The highest BCUT2D eigenvalue weighted by Gasteiger charge is 2.18. The number of benzene rings is 1. The Hall–Kier alpha value is -1.41. The minimum atomic E-state index is 0.107. The molecule has 0 saturated heterocycles. The number of rotatable bonds is 3. The molecule has 1 heterocycles. The summed E-state index contributed by atoms with van der Waals surface area (Å²) < 4.78 is 0. The Labute approximate surface area is 109 Å². The van der Waals surface area contributed by atoms with Crippen molar-refractivity contribution in [2.75, 3.05) is 6.54 Å². The van der Waals surface area contributed by atoms with Crippen molar-refractivity contribution in [2.45, 2.75) is 34.1 Å². The Morgan fingerprint density at radius 1 is 1.17 bits per heavy atom. The molecule has 18 heavy (non-hydrogen) atoms. The van der Waals surface area contributed by atoms with E-state index in [1.54, 1.807) is 0 Å². The number of nitrogens with zero attached hydrogens (tertiary/aromatic N) is 1. The lowest BCUT2D eigenvalue weighted by molar-refractivity contribution is 0.373. The van der Waals surface area contributed by atoms with Gasteiger partial charge < -0.3 is 5.73 Å². The van der Waals surface area contributed by atoms with Gasteiger partial charge in [0.25, 0.3) is 0 Å². The summed E-state index contributed by atoms with van der Waals surface area (Å²) in [6.07, 6.45) is 0.925. The number of hydrogen-bond donors (Lipinski definition) is 1. The number of aryl methyl sites for hydroxylation is 2. The van der Waals surface area contributed by atoms with Crippen molar-refractivity contribution in [1.29, 1.82) is 0 Å². The van der Waals surface area contributed by atoms with E-state index in [4.69, 9.17) is 10.7 Å². The first-order valence-corrected chi connectivity index (χ1v) is 6.49. The molecule has 2 rings (SSSR count). The van der Waals surface area contributed by atoms with E-state index in [-0.39, 0.29) is 5.41 Å². The molecule has 0 unspecified atom stereocenters. The number of pyridine rings is 1. The summed E-state index contributed by atoms with van der Waals surface area (Å²) in [7, 11) is 0. The summed E-state index contributed by atoms with van der Waals surface area (Å²) in [5.41, 5.74) is 10.7. The first-order valence-electron chi connectivity index (χ1n) is 6.49. The van der Waals surface area contributed by atoms with Crippen LogP contribution in [-0.4, -0.2) is 11.5 Å². The van der Waals surface area contributed by atoms with Gasteiger partial charge in [0.2, 0.25) is 0 Å². The summed E-state index contributed by atoms with van der Waals surface area (Å²) in [4.78, 5) is 4.81. The van der Waals surface area contributed by atoms with Crippen LogP contribution in [0.5, 0.6) is 0 Å². The predicted octanol–water partition coefficient (Wildman–Crippen LogP) is 3.38. The maximum absolute atomic E-state index is 5.81. The van der Waals surface area contributed by atoms with Crippen molar-refractivity contribution >= 4 is 10.9 Å². The molecule has 2 N–H and O–H groups in total. The van der Waals surface area contributed by atoms with Gasteiger partial charge in [-0.05, 0) is 49.4 Å². The zero-order chi connectivity index (χ0) is 13.3. The Morgan fingerprint density at radius 3 is 2.56 bits per heavy atom. The largest absolute Gasteiger partial charge is 0.330 e. The Bertz CT molecular complexity index is 571. The molecule has 2 nitrogen and oxygen atoms in total. The monoisotopic (exact) mass is 242 g/mol. The van der Waals surface area contributed by atoms with E-state index in [1.807, 2.05) is 0 Å². The fourth-order valence-corrected chi connectivity index (χ4v) is 2.28. The van der Waals surface area contributed by atoms with Crippen LogP contribution in [0.15, 0.2) is 24.3 Å². The highest BCUT2D eigenvalue weighted by molar-refractivity contribution is 5.84. The van der Waals surface area contributed by atoms with Gasteiger partial charge in [-0.3, -0.25) is 4.98 Å². The van der Waals surface area contributed by atoms with Gasteiger partial charge in [0.15, 0.2) is 0 Å². The zero-order valence-electron chi connectivity index (χ0n) is 11.7. The van der Waals surface area contributed by atoms with Gasteiger partial charge in [-0.15, -0.1) is 0 Å². The predicted molar refractivity (Wildman–Crippen MR) is 77.8 cm³/mol. The number of nitrogens with two attached hydrogens (primary N) is 1. The van der Waals surface area contributed by atoms with E-state index in [0.29, 0.717) is 6.54 Å². The third kappa shape index (κ3) is 2.54. The van der Waals surface area contributed by atoms with Crippen LogP contribution in [0.4, 0.5) is 0 Å². The normalized spacial score (nSPS) is 12.1. The van der Waals surface area contributed by atoms with Crippen LogP contribution >= 0.6 is 0 Å². The number of para-hydroxylation sites is 1. The summed E-state index contributed by atoms with van der Waals surface area (Å²) in [6.45, 7) is 9.33. The van der Waals surface area contributed by atoms with Crippen LogP contribution in [0.25, 0.3) is 10.9 Å². The lowest BCUT2D eigenvalue weighted by Crippen LogP contribution is -2.26. The zero-order valence-corrected chi connectivity index (χ0v) is 11.7. The standard InChI is InChI=1S/C16H22N2/c1-11-6-5-7-14-12(2)8-13(18-15(11)14)9-16(3,4)10-17/h5-8H,9-10,17H2,1-4H3. The highest BCUT2D eigenvalue weighted by Crippen LogP contribution is 2.25. The van der Waals surface area contributed by atoms with Crippen molar-refractivity contribution < 1.29 is 0 Å². The average Bonchev–Trinajstić information content (AvgIpc) is 2.30. The van der Waals surface area contributed by atoms with Crippen molar-refractivity contribution in [3.8, 4) is 0 Å². The van der Waals surface area contributed by atoms with E-state index >= 15 is 0 Å². The molecule has 0 aliphatic carbocycles.